The lowest BCUT2D eigenvalue weighted by Gasteiger charge is -2.64. The highest BCUT2D eigenvalue weighted by Gasteiger charge is 2.72. The standard InChI is InChI=1S/C38H63NO8/c1-9-45-31(35(5,6)44)25-19-22(2)28-29(46-25)30(40)37(8)24-11-12-26-34(3,4)27(47-33(43)39-18-14-23(21-39)32(41)42)13-17-38(26,20-24)16-10-15-36(28,37)7/h22-31,40,44H,9-21H2,1-8H3,(H,41,42). The Labute approximate surface area is 282 Å². The first-order valence-electron chi connectivity index (χ1n) is 18.8. The summed E-state index contributed by atoms with van der Waals surface area (Å²) >= 11 is 0. The summed E-state index contributed by atoms with van der Waals surface area (Å²) in [7, 11) is 0. The van der Waals surface area contributed by atoms with E-state index in [9.17, 15) is 24.9 Å². The van der Waals surface area contributed by atoms with Crippen molar-refractivity contribution >= 4 is 12.1 Å². The van der Waals surface area contributed by atoms with Gasteiger partial charge in [0, 0.05) is 30.5 Å². The maximum absolute atomic E-state index is 13.2. The quantitative estimate of drug-likeness (QED) is 0.304. The molecule has 2 heterocycles. The van der Waals surface area contributed by atoms with Crippen LogP contribution in [-0.2, 0) is 19.0 Å². The molecule has 4 aliphatic carbocycles. The number of carbonyl (C=O) groups is 2. The van der Waals surface area contributed by atoms with Gasteiger partial charge >= 0.3 is 12.1 Å². The molecule has 2 saturated heterocycles. The Morgan fingerprint density at radius 2 is 1.79 bits per heavy atom. The van der Waals surface area contributed by atoms with E-state index >= 15 is 0 Å². The van der Waals surface area contributed by atoms with Crippen LogP contribution >= 0.6 is 0 Å². The van der Waals surface area contributed by atoms with E-state index in [0.29, 0.717) is 37.3 Å². The molecule has 3 N–H and O–H groups in total. The van der Waals surface area contributed by atoms with Gasteiger partial charge in [-0.15, -0.1) is 0 Å². The monoisotopic (exact) mass is 661 g/mol. The molecule has 268 valence electrons. The van der Waals surface area contributed by atoms with Crippen LogP contribution in [0, 0.1) is 51.2 Å². The van der Waals surface area contributed by atoms with Crippen molar-refractivity contribution in [3.8, 4) is 0 Å². The molecule has 9 heteroatoms. The van der Waals surface area contributed by atoms with Crippen molar-refractivity contribution in [2.24, 2.45) is 51.2 Å². The Kier molecular flexibility index (Phi) is 9.13. The summed E-state index contributed by atoms with van der Waals surface area (Å²) in [6.07, 6.45) is 7.46. The minimum atomic E-state index is -1.05. The summed E-state index contributed by atoms with van der Waals surface area (Å²) in [6.45, 7) is 18.5. The normalized spacial score (nSPS) is 46.8. The molecule has 4 saturated carbocycles. The minimum Gasteiger partial charge on any atom is -0.481 e. The first-order valence-corrected chi connectivity index (χ1v) is 18.8. The van der Waals surface area contributed by atoms with Crippen LogP contribution in [0.25, 0.3) is 0 Å². The smallest absolute Gasteiger partial charge is 0.410 e. The van der Waals surface area contributed by atoms with Gasteiger partial charge < -0.3 is 34.4 Å². The van der Waals surface area contributed by atoms with Gasteiger partial charge in [0.25, 0.3) is 0 Å². The summed E-state index contributed by atoms with van der Waals surface area (Å²) in [4.78, 5) is 26.3. The van der Waals surface area contributed by atoms with Gasteiger partial charge in [-0.25, -0.2) is 4.79 Å². The van der Waals surface area contributed by atoms with Crippen LogP contribution in [0.1, 0.15) is 120 Å². The van der Waals surface area contributed by atoms with E-state index in [1.54, 1.807) is 18.7 Å². The van der Waals surface area contributed by atoms with Gasteiger partial charge in [0.05, 0.1) is 29.8 Å². The number of hydrogen-bond acceptors (Lipinski definition) is 7. The average Bonchev–Trinajstić information content (AvgIpc) is 3.55. The topological polar surface area (TPSA) is 126 Å². The van der Waals surface area contributed by atoms with Crippen LogP contribution in [0.2, 0.25) is 0 Å². The molecule has 47 heavy (non-hydrogen) atoms. The predicted octanol–water partition coefficient (Wildman–Crippen LogP) is 6.28. The van der Waals surface area contributed by atoms with Gasteiger partial charge in [-0.2, -0.15) is 0 Å². The SMILES string of the molecule is CCOC(C1CC(C)C2C(O1)C(O)C1(C)C3CCC4C(CCCC21C)(CCC(OC(=O)N1CCC(C(=O)O)C1)C4(C)C)C3)C(C)(C)O. The number of rotatable bonds is 6. The molecule has 13 unspecified atom stereocenters. The molecule has 6 aliphatic rings. The molecular formula is C38H63NO8. The van der Waals surface area contributed by atoms with Crippen LogP contribution in [-0.4, -0.2) is 88.1 Å². The van der Waals surface area contributed by atoms with Crippen molar-refractivity contribution in [3.05, 3.63) is 0 Å². The zero-order valence-electron chi connectivity index (χ0n) is 30.3. The molecule has 9 nitrogen and oxygen atoms in total. The Morgan fingerprint density at radius 3 is 2.43 bits per heavy atom. The lowest BCUT2D eigenvalue weighted by atomic mass is 9.41. The van der Waals surface area contributed by atoms with Crippen molar-refractivity contribution < 1.29 is 39.1 Å². The number of aliphatic hydroxyl groups is 2. The second-order valence-corrected chi connectivity index (χ2v) is 18.3. The molecule has 2 bridgehead atoms. The van der Waals surface area contributed by atoms with Gasteiger partial charge in [0.1, 0.15) is 12.2 Å². The molecule has 1 spiro atoms. The van der Waals surface area contributed by atoms with Gasteiger partial charge in [0.2, 0.25) is 0 Å². The Morgan fingerprint density at radius 1 is 1.06 bits per heavy atom. The first kappa shape index (κ1) is 35.4. The van der Waals surface area contributed by atoms with Crippen molar-refractivity contribution in [2.75, 3.05) is 19.7 Å². The van der Waals surface area contributed by atoms with Crippen molar-refractivity contribution in [3.63, 3.8) is 0 Å². The molecule has 6 fully saturated rings. The van der Waals surface area contributed by atoms with E-state index in [1.165, 1.54) is 0 Å². The summed E-state index contributed by atoms with van der Waals surface area (Å²) in [5.74, 6) is -0.00166. The summed E-state index contributed by atoms with van der Waals surface area (Å²) in [5, 5.41) is 32.9. The zero-order chi connectivity index (χ0) is 34.3. The van der Waals surface area contributed by atoms with Crippen LogP contribution in [0.15, 0.2) is 0 Å². The number of nitrogens with zero attached hydrogens (tertiary/aromatic N) is 1. The van der Waals surface area contributed by atoms with Crippen LogP contribution in [0.5, 0.6) is 0 Å². The van der Waals surface area contributed by atoms with E-state index in [1.807, 2.05) is 6.92 Å². The van der Waals surface area contributed by atoms with Gasteiger partial charge in [-0.05, 0) is 113 Å². The summed E-state index contributed by atoms with van der Waals surface area (Å²) in [5.41, 5.74) is -1.48. The molecule has 2 aliphatic heterocycles. The lowest BCUT2D eigenvalue weighted by Crippen LogP contribution is -2.59. The van der Waals surface area contributed by atoms with Gasteiger partial charge in [-0.1, -0.05) is 41.0 Å². The fourth-order valence-corrected chi connectivity index (χ4v) is 12.9. The van der Waals surface area contributed by atoms with Crippen LogP contribution in [0.3, 0.4) is 0 Å². The van der Waals surface area contributed by atoms with Crippen LogP contribution in [0.4, 0.5) is 4.79 Å². The highest BCUT2D eigenvalue weighted by Crippen LogP contribution is 2.73. The number of likely N-dealkylation sites (tertiary alicyclic amines) is 1. The van der Waals surface area contributed by atoms with Crippen molar-refractivity contribution in [1.29, 1.82) is 0 Å². The Hall–Kier alpha value is -1.42. The maximum Gasteiger partial charge on any atom is 0.410 e. The van der Waals surface area contributed by atoms with Crippen molar-refractivity contribution in [1.82, 2.24) is 4.90 Å². The Bertz CT molecular complexity index is 1200. The van der Waals surface area contributed by atoms with E-state index in [-0.39, 0.29) is 58.5 Å². The lowest BCUT2D eigenvalue weighted by molar-refractivity contribution is -0.215. The number of hydrogen-bond donors (Lipinski definition) is 3. The number of aliphatic carboxylic acids is 1. The molecule has 0 aromatic rings. The molecule has 0 aromatic carbocycles. The third-order valence-electron chi connectivity index (χ3n) is 15.3. The highest BCUT2D eigenvalue weighted by molar-refractivity contribution is 5.74. The summed E-state index contributed by atoms with van der Waals surface area (Å²) < 4.78 is 19.2. The fraction of sp³-hybridized carbons (Fsp3) is 0.947. The average molecular weight is 662 g/mol. The summed E-state index contributed by atoms with van der Waals surface area (Å²) in [6, 6.07) is 0. The third-order valence-corrected chi connectivity index (χ3v) is 15.3. The second-order valence-electron chi connectivity index (χ2n) is 18.3. The van der Waals surface area contributed by atoms with Gasteiger partial charge in [0.15, 0.2) is 0 Å². The third kappa shape index (κ3) is 5.47. The number of carboxylic acid groups (broad SMARTS) is 1. The van der Waals surface area contributed by atoms with E-state index in [4.69, 9.17) is 14.2 Å². The number of aliphatic hydroxyl groups excluding tert-OH is 1. The molecule has 0 radical (unpaired) electrons. The molecule has 1 amide bonds. The van der Waals surface area contributed by atoms with Crippen LogP contribution < -0.4 is 0 Å². The number of fused-ring (bicyclic) bond motifs is 5. The number of carbonyl (C=O) groups excluding carboxylic acids is 1. The number of carboxylic acids is 1. The first-order chi connectivity index (χ1) is 21.9. The fourth-order valence-electron chi connectivity index (χ4n) is 12.9. The van der Waals surface area contributed by atoms with E-state index in [2.05, 4.69) is 34.6 Å². The molecule has 13 atom stereocenters. The largest absolute Gasteiger partial charge is 0.481 e. The zero-order valence-corrected chi connectivity index (χ0v) is 30.3. The minimum absolute atomic E-state index is 0.0672. The highest BCUT2D eigenvalue weighted by atomic mass is 16.6. The number of ether oxygens (including phenoxy) is 3. The predicted molar refractivity (Wildman–Crippen MR) is 178 cm³/mol. The molecule has 0 aromatic heterocycles. The van der Waals surface area contributed by atoms with Gasteiger partial charge in [-0.3, -0.25) is 4.79 Å². The molecule has 6 rings (SSSR count). The Balaban J connectivity index is 1.22. The number of amides is 1. The van der Waals surface area contributed by atoms with E-state index in [0.717, 1.165) is 57.8 Å². The van der Waals surface area contributed by atoms with Crippen molar-refractivity contribution in [2.45, 2.75) is 156 Å². The maximum atomic E-state index is 13.2. The second kappa shape index (κ2) is 12.1. The molecular weight excluding hydrogens is 598 g/mol. The van der Waals surface area contributed by atoms with E-state index < -0.39 is 29.7 Å².